The predicted octanol–water partition coefficient (Wildman–Crippen LogP) is 5.01. The zero-order chi connectivity index (χ0) is 19.1. The summed E-state index contributed by atoms with van der Waals surface area (Å²) in [7, 11) is -4.67. The number of rotatable bonds is 14. The van der Waals surface area contributed by atoms with Crippen LogP contribution in [0, 0.1) is 0 Å². The third-order valence-electron chi connectivity index (χ3n) is 3.51. The molecule has 0 heterocycles. The summed E-state index contributed by atoms with van der Waals surface area (Å²) in [5.41, 5.74) is 0. The number of aliphatic hydroxyl groups is 1. The Kier molecular flexibility index (Phi) is 32.1. The molecule has 0 aromatic heterocycles. The number of hydrogen-bond acceptors (Lipinski definition) is 3. The fourth-order valence-corrected chi connectivity index (χ4v) is 2.31. The Labute approximate surface area is 168 Å². The van der Waals surface area contributed by atoms with E-state index >= 15 is 0 Å². The van der Waals surface area contributed by atoms with Gasteiger partial charge in [-0.3, -0.25) is 9.11 Å². The molecule has 5 nitrogen and oxygen atoms in total. The van der Waals surface area contributed by atoms with Crippen LogP contribution in [0.3, 0.4) is 0 Å². The standard InChI is InChI=1S/C16H34O.CH3.Na.H2O4S/c1-2-3-4-5-6-7-8-9-10-11-12-13-14-15-16-17;;;1-5(2,3)4/h17H,2-16H2,1H3;1H3;;(H2,1,2,3,4). The molecule has 0 radical (unpaired) electrons. The molecule has 0 spiro atoms. The first kappa shape index (κ1) is 29.6. The van der Waals surface area contributed by atoms with Gasteiger partial charge < -0.3 is 5.11 Å². The van der Waals surface area contributed by atoms with Crippen molar-refractivity contribution in [1.82, 2.24) is 0 Å². The summed E-state index contributed by atoms with van der Waals surface area (Å²) in [6, 6.07) is 0. The first-order chi connectivity index (χ1) is 11.4. The van der Waals surface area contributed by atoms with Crippen molar-refractivity contribution in [2.24, 2.45) is 0 Å². The van der Waals surface area contributed by atoms with E-state index < -0.39 is 10.4 Å². The maximum absolute atomic E-state index is 8.74. The van der Waals surface area contributed by atoms with Gasteiger partial charge in [-0.05, 0) is 6.42 Å². The van der Waals surface area contributed by atoms with Crippen molar-refractivity contribution in [3.8, 4) is 0 Å². The van der Waals surface area contributed by atoms with Crippen molar-refractivity contribution in [2.45, 2.75) is 101 Å². The Bertz CT molecular complexity index is 275. The molecule has 7 heteroatoms. The van der Waals surface area contributed by atoms with Crippen LogP contribution in [0.2, 0.25) is 4.17 Å². The zero-order valence-electron chi connectivity index (χ0n) is 16.2. The minimum absolute atomic E-state index is 0.373. The van der Waals surface area contributed by atoms with E-state index in [9.17, 15) is 0 Å². The normalized spacial score (nSPS) is 10.5. The molecule has 0 aliphatic carbocycles. The van der Waals surface area contributed by atoms with Gasteiger partial charge in [-0.25, -0.2) is 0 Å². The summed E-state index contributed by atoms with van der Waals surface area (Å²) in [5, 5.41) is 8.64. The number of hydrogen-bond donors (Lipinski definition) is 3. The van der Waals surface area contributed by atoms with Crippen molar-refractivity contribution < 1.29 is 22.6 Å². The molecule has 0 bridgehead atoms. The van der Waals surface area contributed by atoms with Crippen LogP contribution >= 0.6 is 0 Å². The van der Waals surface area contributed by atoms with Gasteiger partial charge in [-0.15, -0.1) is 0 Å². The molecule has 0 aromatic rings. The molecule has 0 rings (SSSR count). The van der Waals surface area contributed by atoms with Crippen LogP contribution in [-0.4, -0.2) is 57.2 Å². The Morgan fingerprint density at radius 2 is 0.833 bits per heavy atom. The van der Waals surface area contributed by atoms with Crippen molar-refractivity contribution >= 4 is 38.3 Å². The summed E-state index contributed by atoms with van der Waals surface area (Å²) in [6.07, 6.45) is 19.2. The van der Waals surface area contributed by atoms with Crippen LogP contribution < -0.4 is 0 Å². The second kappa shape index (κ2) is 26.1. The van der Waals surface area contributed by atoms with Gasteiger partial charge in [-0.2, -0.15) is 8.42 Å². The molecule has 0 amide bonds. The van der Waals surface area contributed by atoms with Crippen molar-refractivity contribution in [3.05, 3.63) is 0 Å². The first-order valence-electron chi connectivity index (χ1n) is 9.72. The van der Waals surface area contributed by atoms with Crippen LogP contribution in [0.25, 0.3) is 0 Å². The zero-order valence-corrected chi connectivity index (χ0v) is 19.0. The fraction of sp³-hybridized carbons (Fsp3) is 1.00. The molecule has 0 unspecified atom stereocenters. The molecule has 0 atom stereocenters. The Morgan fingerprint density at radius 1 is 0.625 bits per heavy atom. The molecule has 0 fully saturated rings. The van der Waals surface area contributed by atoms with E-state index in [2.05, 4.69) is 11.1 Å². The molecular formula is C17H39NaO5S. The van der Waals surface area contributed by atoms with Crippen LogP contribution in [0.15, 0.2) is 0 Å². The van der Waals surface area contributed by atoms with Gasteiger partial charge >= 0.3 is 42.5 Å². The summed E-state index contributed by atoms with van der Waals surface area (Å²) < 4.78 is 33.7. The molecule has 0 aromatic carbocycles. The average molecular weight is 379 g/mol. The topological polar surface area (TPSA) is 94.8 Å². The molecule has 3 N–H and O–H groups in total. The van der Waals surface area contributed by atoms with Gasteiger partial charge in [0.1, 0.15) is 0 Å². The van der Waals surface area contributed by atoms with Crippen LogP contribution in [0.1, 0.15) is 96.8 Å². The van der Waals surface area contributed by atoms with E-state index in [1.54, 1.807) is 0 Å². The summed E-state index contributed by atoms with van der Waals surface area (Å²) in [6.45, 7) is 2.65. The van der Waals surface area contributed by atoms with E-state index in [1.165, 1.54) is 111 Å². The number of unbranched alkanes of at least 4 members (excludes halogenated alkanes) is 13. The van der Waals surface area contributed by atoms with E-state index in [0.29, 0.717) is 6.61 Å². The Morgan fingerprint density at radius 3 is 1.04 bits per heavy atom. The van der Waals surface area contributed by atoms with Gasteiger partial charge in [0.2, 0.25) is 0 Å². The molecule has 24 heavy (non-hydrogen) atoms. The monoisotopic (exact) mass is 378 g/mol. The van der Waals surface area contributed by atoms with Gasteiger partial charge in [0, 0.05) is 6.61 Å². The molecule has 0 aliphatic rings. The maximum atomic E-state index is 8.74. The third kappa shape index (κ3) is 49.5. The average Bonchev–Trinajstić information content (AvgIpc) is 2.52. The predicted molar refractivity (Wildman–Crippen MR) is 103 cm³/mol. The molecule has 144 valence electrons. The van der Waals surface area contributed by atoms with Crippen molar-refractivity contribution in [1.29, 1.82) is 0 Å². The van der Waals surface area contributed by atoms with E-state index in [1.807, 2.05) is 0 Å². The molecule has 0 saturated carbocycles. The summed E-state index contributed by atoms with van der Waals surface area (Å²) in [4.78, 5) is 0. The van der Waals surface area contributed by atoms with E-state index in [-0.39, 0.29) is 0 Å². The fourth-order valence-electron chi connectivity index (χ4n) is 2.31. The summed E-state index contributed by atoms with van der Waals surface area (Å²) in [5.74, 6) is 0. The Balaban J connectivity index is -0.000000534. The van der Waals surface area contributed by atoms with Gasteiger partial charge in [0.25, 0.3) is 0 Å². The van der Waals surface area contributed by atoms with Crippen molar-refractivity contribution in [3.63, 3.8) is 0 Å². The molecule has 0 aliphatic heterocycles. The third-order valence-corrected chi connectivity index (χ3v) is 3.51. The molecule has 0 saturated heterocycles. The summed E-state index contributed by atoms with van der Waals surface area (Å²) >= 11 is 1.31. The minimum atomic E-state index is -4.67. The molecular weight excluding hydrogens is 339 g/mol. The van der Waals surface area contributed by atoms with E-state index in [0.717, 1.165) is 6.42 Å². The Hall–Kier alpha value is 0.830. The van der Waals surface area contributed by atoms with E-state index in [4.69, 9.17) is 22.6 Å². The van der Waals surface area contributed by atoms with Crippen LogP contribution in [0.5, 0.6) is 0 Å². The van der Waals surface area contributed by atoms with Gasteiger partial charge in [-0.1, -0.05) is 90.4 Å². The quantitative estimate of drug-likeness (QED) is 0.224. The number of aliphatic hydroxyl groups excluding tert-OH is 1. The second-order valence-electron chi connectivity index (χ2n) is 5.77. The van der Waals surface area contributed by atoms with Gasteiger partial charge in [0.05, 0.1) is 0 Å². The van der Waals surface area contributed by atoms with Gasteiger partial charge in [0.15, 0.2) is 0 Å². The second-order valence-corrected chi connectivity index (χ2v) is 6.66. The first-order valence-corrected chi connectivity index (χ1v) is 13.1. The SMILES string of the molecule is CCCCCCCCCCCCCCCCO.O=S(=O)(O)O.[CH3][Na]. The van der Waals surface area contributed by atoms with Crippen LogP contribution in [-0.2, 0) is 10.4 Å². The van der Waals surface area contributed by atoms with Crippen molar-refractivity contribution in [2.75, 3.05) is 6.61 Å². The van der Waals surface area contributed by atoms with Crippen LogP contribution in [0.4, 0.5) is 0 Å².